The summed E-state index contributed by atoms with van der Waals surface area (Å²) in [7, 11) is 0. The standard InChI is InChI=1S/C16H23ClO/c17-13-12-16(18,15-10-6-3-7-11-15)14-8-4-1-2-5-9-14/h3,6-7,10-11,14,18H,1-2,4-5,8-9,12-13H2. The van der Waals surface area contributed by atoms with Crippen LogP contribution in [0.3, 0.4) is 0 Å². The van der Waals surface area contributed by atoms with Crippen LogP contribution in [0.1, 0.15) is 50.5 Å². The van der Waals surface area contributed by atoms with Crippen LogP contribution in [0.5, 0.6) is 0 Å². The quantitative estimate of drug-likeness (QED) is 0.630. The van der Waals surface area contributed by atoms with Crippen molar-refractivity contribution < 1.29 is 5.11 Å². The second-order valence-corrected chi connectivity index (χ2v) is 5.80. The highest BCUT2D eigenvalue weighted by atomic mass is 35.5. The van der Waals surface area contributed by atoms with E-state index in [1.165, 1.54) is 25.7 Å². The van der Waals surface area contributed by atoms with Crippen molar-refractivity contribution in [1.29, 1.82) is 0 Å². The lowest BCUT2D eigenvalue weighted by Crippen LogP contribution is -2.35. The van der Waals surface area contributed by atoms with Crippen molar-refractivity contribution in [1.82, 2.24) is 0 Å². The molecule has 100 valence electrons. The Balaban J connectivity index is 2.24. The van der Waals surface area contributed by atoms with Crippen LogP contribution in [0.4, 0.5) is 0 Å². The molecule has 0 aromatic heterocycles. The molecule has 0 spiro atoms. The molecule has 0 radical (unpaired) electrons. The van der Waals surface area contributed by atoms with Crippen LogP contribution < -0.4 is 0 Å². The molecule has 1 nitrogen and oxygen atoms in total. The van der Waals surface area contributed by atoms with E-state index in [0.717, 1.165) is 18.4 Å². The van der Waals surface area contributed by atoms with Crippen molar-refractivity contribution in [3.05, 3.63) is 35.9 Å². The lowest BCUT2D eigenvalue weighted by Gasteiger charge is -2.36. The minimum atomic E-state index is -0.729. The Kier molecular flexibility index (Phi) is 5.08. The molecule has 1 aromatic rings. The second kappa shape index (κ2) is 6.58. The molecule has 1 atom stereocenters. The van der Waals surface area contributed by atoms with Gasteiger partial charge in [-0.25, -0.2) is 0 Å². The van der Waals surface area contributed by atoms with Gasteiger partial charge in [0.1, 0.15) is 0 Å². The minimum absolute atomic E-state index is 0.362. The van der Waals surface area contributed by atoms with E-state index < -0.39 is 5.60 Å². The fraction of sp³-hybridized carbons (Fsp3) is 0.625. The molecule has 1 aliphatic rings. The van der Waals surface area contributed by atoms with Crippen LogP contribution in [-0.4, -0.2) is 11.0 Å². The molecule has 0 amide bonds. The number of benzene rings is 1. The van der Waals surface area contributed by atoms with E-state index in [1.54, 1.807) is 0 Å². The van der Waals surface area contributed by atoms with Crippen LogP contribution in [-0.2, 0) is 5.60 Å². The normalized spacial score (nSPS) is 21.2. The van der Waals surface area contributed by atoms with Crippen molar-refractivity contribution in [3.63, 3.8) is 0 Å². The van der Waals surface area contributed by atoms with E-state index in [2.05, 4.69) is 0 Å². The first-order valence-electron chi connectivity index (χ1n) is 7.11. The van der Waals surface area contributed by atoms with Gasteiger partial charge >= 0.3 is 0 Å². The Morgan fingerprint density at radius 3 is 2.22 bits per heavy atom. The number of alkyl halides is 1. The van der Waals surface area contributed by atoms with E-state index in [1.807, 2.05) is 30.3 Å². The summed E-state index contributed by atoms with van der Waals surface area (Å²) in [5.41, 5.74) is 0.311. The molecule has 0 saturated heterocycles. The molecule has 1 fully saturated rings. The Bertz CT molecular complexity index is 343. The highest BCUT2D eigenvalue weighted by Crippen LogP contribution is 2.41. The molecule has 18 heavy (non-hydrogen) atoms. The van der Waals surface area contributed by atoms with E-state index in [9.17, 15) is 5.11 Å². The minimum Gasteiger partial charge on any atom is -0.385 e. The SMILES string of the molecule is OC(CCCl)(c1ccccc1)C1CCCCCC1. The zero-order valence-corrected chi connectivity index (χ0v) is 11.7. The Labute approximate surface area is 115 Å². The largest absolute Gasteiger partial charge is 0.385 e. The molecular formula is C16H23ClO. The summed E-state index contributed by atoms with van der Waals surface area (Å²) >= 11 is 5.94. The average molecular weight is 267 g/mol. The average Bonchev–Trinajstić information content (AvgIpc) is 2.69. The summed E-state index contributed by atoms with van der Waals surface area (Å²) in [6.45, 7) is 0. The zero-order valence-electron chi connectivity index (χ0n) is 10.9. The predicted molar refractivity (Wildman–Crippen MR) is 76.9 cm³/mol. The molecule has 0 bridgehead atoms. The first kappa shape index (κ1) is 13.9. The fourth-order valence-electron chi connectivity index (χ4n) is 3.21. The van der Waals surface area contributed by atoms with E-state index in [-0.39, 0.29) is 0 Å². The van der Waals surface area contributed by atoms with Crippen molar-refractivity contribution >= 4 is 11.6 Å². The third-order valence-electron chi connectivity index (χ3n) is 4.28. The summed E-state index contributed by atoms with van der Waals surface area (Å²) in [5.74, 6) is 0.878. The Hall–Kier alpha value is -0.530. The molecule has 1 aliphatic carbocycles. The van der Waals surface area contributed by atoms with Crippen molar-refractivity contribution in [2.45, 2.75) is 50.5 Å². The number of halogens is 1. The summed E-state index contributed by atoms with van der Waals surface area (Å²) in [6.07, 6.45) is 8.00. The van der Waals surface area contributed by atoms with Gasteiger partial charge in [-0.1, -0.05) is 56.0 Å². The molecule has 2 heteroatoms. The topological polar surface area (TPSA) is 20.2 Å². The van der Waals surface area contributed by atoms with Crippen molar-refractivity contribution in [2.24, 2.45) is 5.92 Å². The number of rotatable bonds is 4. The van der Waals surface area contributed by atoms with Crippen LogP contribution in [0, 0.1) is 5.92 Å². The lowest BCUT2D eigenvalue weighted by molar-refractivity contribution is -0.0334. The molecule has 1 N–H and O–H groups in total. The molecule has 2 rings (SSSR count). The van der Waals surface area contributed by atoms with Gasteiger partial charge in [0.25, 0.3) is 0 Å². The van der Waals surface area contributed by atoms with Gasteiger partial charge < -0.3 is 5.11 Å². The fourth-order valence-corrected chi connectivity index (χ4v) is 3.50. The first-order valence-corrected chi connectivity index (χ1v) is 7.64. The van der Waals surface area contributed by atoms with Crippen molar-refractivity contribution in [2.75, 3.05) is 5.88 Å². The second-order valence-electron chi connectivity index (χ2n) is 5.42. The van der Waals surface area contributed by atoms with Gasteiger partial charge in [0.15, 0.2) is 0 Å². The number of hydrogen-bond donors (Lipinski definition) is 1. The van der Waals surface area contributed by atoms with Gasteiger partial charge in [0, 0.05) is 5.88 Å². The van der Waals surface area contributed by atoms with Gasteiger partial charge in [-0.2, -0.15) is 0 Å². The third-order valence-corrected chi connectivity index (χ3v) is 4.47. The molecule has 1 unspecified atom stereocenters. The third kappa shape index (κ3) is 3.07. The highest BCUT2D eigenvalue weighted by molar-refractivity contribution is 6.17. The summed E-state index contributed by atoms with van der Waals surface area (Å²) < 4.78 is 0. The van der Waals surface area contributed by atoms with E-state index >= 15 is 0 Å². The van der Waals surface area contributed by atoms with Crippen LogP contribution >= 0.6 is 11.6 Å². The van der Waals surface area contributed by atoms with Gasteiger partial charge in [0.2, 0.25) is 0 Å². The zero-order chi connectivity index (χ0) is 12.8. The molecule has 1 saturated carbocycles. The molecular weight excluding hydrogens is 244 g/mol. The van der Waals surface area contributed by atoms with Gasteiger partial charge in [-0.15, -0.1) is 11.6 Å². The maximum atomic E-state index is 11.1. The summed E-state index contributed by atoms with van der Waals surface area (Å²) in [6, 6.07) is 10.1. The lowest BCUT2D eigenvalue weighted by atomic mass is 9.75. The van der Waals surface area contributed by atoms with Crippen LogP contribution in [0.2, 0.25) is 0 Å². The van der Waals surface area contributed by atoms with E-state index in [4.69, 9.17) is 11.6 Å². The summed E-state index contributed by atoms with van der Waals surface area (Å²) in [5, 5.41) is 11.1. The van der Waals surface area contributed by atoms with Gasteiger partial charge in [0.05, 0.1) is 5.60 Å². The van der Waals surface area contributed by atoms with Crippen LogP contribution in [0.25, 0.3) is 0 Å². The Morgan fingerprint density at radius 2 is 1.67 bits per heavy atom. The highest BCUT2D eigenvalue weighted by Gasteiger charge is 2.37. The Morgan fingerprint density at radius 1 is 1.06 bits per heavy atom. The maximum Gasteiger partial charge on any atom is 0.0935 e. The summed E-state index contributed by atoms with van der Waals surface area (Å²) in [4.78, 5) is 0. The monoisotopic (exact) mass is 266 g/mol. The van der Waals surface area contributed by atoms with E-state index in [0.29, 0.717) is 18.2 Å². The molecule has 0 heterocycles. The van der Waals surface area contributed by atoms with Crippen molar-refractivity contribution in [3.8, 4) is 0 Å². The van der Waals surface area contributed by atoms with Gasteiger partial charge in [-0.05, 0) is 30.7 Å². The predicted octanol–water partition coefficient (Wildman–Crippen LogP) is 4.47. The molecule has 1 aromatic carbocycles. The first-order chi connectivity index (χ1) is 8.77. The number of hydrogen-bond acceptors (Lipinski definition) is 1. The maximum absolute atomic E-state index is 11.1. The van der Waals surface area contributed by atoms with Gasteiger partial charge in [-0.3, -0.25) is 0 Å². The smallest absolute Gasteiger partial charge is 0.0935 e. The van der Waals surface area contributed by atoms with Crippen LogP contribution in [0.15, 0.2) is 30.3 Å². The number of aliphatic hydroxyl groups is 1. The molecule has 0 aliphatic heterocycles.